The second kappa shape index (κ2) is 23.6. The van der Waals surface area contributed by atoms with Crippen LogP contribution >= 0.6 is 0 Å². The summed E-state index contributed by atoms with van der Waals surface area (Å²) in [7, 11) is 0. The van der Waals surface area contributed by atoms with E-state index in [2.05, 4.69) is 171 Å². The lowest BCUT2D eigenvalue weighted by molar-refractivity contribution is -0.597. The topological polar surface area (TPSA) is 29.5 Å². The average Bonchev–Trinajstić information content (AvgIpc) is 3.24. The van der Waals surface area contributed by atoms with Crippen LogP contribution in [0, 0.1) is 7.14 Å². The first-order chi connectivity index (χ1) is 26.7. The van der Waals surface area contributed by atoms with Gasteiger partial charge in [-0.3, -0.25) is 0 Å². The molecule has 0 spiro atoms. The molecule has 2 nitrogen and oxygen atoms in total. The van der Waals surface area contributed by atoms with E-state index in [4.69, 9.17) is 4.74 Å². The van der Waals surface area contributed by atoms with Gasteiger partial charge in [-0.15, -0.1) is 0 Å². The van der Waals surface area contributed by atoms with E-state index in [-0.39, 0.29) is 27.3 Å². The van der Waals surface area contributed by atoms with Gasteiger partial charge in [-0.2, -0.15) is 21.9 Å². The number of aliphatic hydroxyl groups excluding tert-OH is 1. The summed E-state index contributed by atoms with van der Waals surface area (Å²) in [4.78, 5) is 0. The van der Waals surface area contributed by atoms with Gasteiger partial charge in [0, 0.05) is 0 Å². The van der Waals surface area contributed by atoms with E-state index in [1.165, 1.54) is 86.8 Å². The average molecular weight is 829 g/mol. The molecule has 6 aromatic rings. The third-order valence-electron chi connectivity index (χ3n) is 10.3. The molecular weight excluding hydrogens is 770 g/mol. The second-order valence-corrected chi connectivity index (χ2v) is 17.3. The van der Waals surface area contributed by atoms with Crippen LogP contribution in [0.5, 0.6) is 5.75 Å². The fourth-order valence-corrected chi connectivity index (χ4v) is 9.68. The molecule has 1 atom stereocenters. The largest absolute Gasteiger partial charge is 0.491 e. The van der Waals surface area contributed by atoms with Crippen molar-refractivity contribution in [3.8, 4) is 5.75 Å². The molecule has 6 aromatic carbocycles. The Kier molecular flexibility index (Phi) is 18.0. The van der Waals surface area contributed by atoms with Gasteiger partial charge < -0.3 is 9.84 Å². The minimum atomic E-state index is -1.22. The van der Waals surface area contributed by atoms with Gasteiger partial charge in [0.15, 0.2) is 7.14 Å². The first kappa shape index (κ1) is 41.0. The van der Waals surface area contributed by atoms with Gasteiger partial charge in [0.2, 0.25) is 0 Å². The number of halogens is 1. The van der Waals surface area contributed by atoms with Gasteiger partial charge in [0.25, 0.3) is 0 Å². The van der Waals surface area contributed by atoms with Gasteiger partial charge in [0.05, 0.1) is 6.10 Å². The number of benzene rings is 6. The maximum Gasteiger partial charge on any atom is 0.357 e. The van der Waals surface area contributed by atoms with E-state index in [1.807, 2.05) is 12.1 Å². The Morgan fingerprint density at radius 1 is 0.444 bits per heavy atom. The third-order valence-corrected chi connectivity index (χ3v) is 13.0. The Labute approximate surface area is 336 Å². The zero-order valence-electron chi connectivity index (χ0n) is 32.1. The molecule has 0 aliphatic rings. The summed E-state index contributed by atoms with van der Waals surface area (Å²) in [6.07, 6.45) is 12.5. The van der Waals surface area contributed by atoms with Crippen LogP contribution in [0.25, 0.3) is 0 Å². The minimum Gasteiger partial charge on any atom is -0.491 e. The Morgan fingerprint density at radius 3 is 1.20 bits per heavy atom. The molecule has 0 saturated heterocycles. The number of hydrogen-bond donors (Lipinski definition) is 1. The molecule has 0 saturated carbocycles. The molecule has 0 fully saturated rings. The summed E-state index contributed by atoms with van der Waals surface area (Å²) in [5.74, 6) is 0.855. The molecule has 4 heteroatoms. The van der Waals surface area contributed by atoms with Gasteiger partial charge in [-0.1, -0.05) is 211 Å². The SMILES string of the molecule is CCCCCCCCCCCCC(O)COc1ccc([I+]c2ccccc2)cc1.c1ccc([B-](c2ccccc2)(c2ccccc2)c2ccccc2)cc1. The number of aliphatic hydroxyl groups is 1. The number of unbranched alkanes of at least 4 members (excludes halogenated alkanes) is 9. The quantitative estimate of drug-likeness (QED) is 0.0515. The molecule has 1 N–H and O–H groups in total. The van der Waals surface area contributed by atoms with Gasteiger partial charge in [0.1, 0.15) is 18.5 Å². The molecule has 0 aliphatic heterocycles. The van der Waals surface area contributed by atoms with Crippen LogP contribution in [0.3, 0.4) is 0 Å². The highest BCUT2D eigenvalue weighted by molar-refractivity contribution is 7.19. The molecule has 280 valence electrons. The van der Waals surface area contributed by atoms with Crippen molar-refractivity contribution in [2.75, 3.05) is 6.61 Å². The van der Waals surface area contributed by atoms with E-state index >= 15 is 0 Å². The first-order valence-electron chi connectivity index (χ1n) is 20.2. The van der Waals surface area contributed by atoms with E-state index in [9.17, 15) is 5.11 Å². The molecule has 0 radical (unpaired) electrons. The van der Waals surface area contributed by atoms with Crippen LogP contribution in [0.4, 0.5) is 0 Å². The molecular formula is C50H58BIO2. The number of ether oxygens (including phenoxy) is 1. The van der Waals surface area contributed by atoms with Crippen molar-refractivity contribution in [2.45, 2.75) is 83.7 Å². The van der Waals surface area contributed by atoms with Crippen LogP contribution in [-0.4, -0.2) is 24.0 Å². The molecule has 0 amide bonds. The van der Waals surface area contributed by atoms with Crippen molar-refractivity contribution >= 4 is 28.0 Å². The van der Waals surface area contributed by atoms with Crippen molar-refractivity contribution in [2.24, 2.45) is 0 Å². The summed E-state index contributed by atoms with van der Waals surface area (Å²) >= 11 is -0.131. The van der Waals surface area contributed by atoms with Crippen molar-refractivity contribution in [1.82, 2.24) is 0 Å². The highest BCUT2D eigenvalue weighted by Crippen LogP contribution is 2.14. The van der Waals surface area contributed by atoms with E-state index < -0.39 is 6.15 Å². The molecule has 0 aromatic heterocycles. The molecule has 0 heterocycles. The van der Waals surface area contributed by atoms with Crippen LogP contribution in [-0.2, 0) is 0 Å². The van der Waals surface area contributed by atoms with Crippen LogP contribution in [0.15, 0.2) is 176 Å². The lowest BCUT2D eigenvalue weighted by Crippen LogP contribution is -3.61. The minimum absolute atomic E-state index is 0.131. The molecule has 54 heavy (non-hydrogen) atoms. The predicted molar refractivity (Wildman–Crippen MR) is 228 cm³/mol. The van der Waals surface area contributed by atoms with Crippen LogP contribution in [0.2, 0.25) is 0 Å². The fourth-order valence-electron chi connectivity index (χ4n) is 7.46. The zero-order valence-corrected chi connectivity index (χ0v) is 34.3. The first-order valence-corrected chi connectivity index (χ1v) is 22.3. The van der Waals surface area contributed by atoms with Crippen molar-refractivity contribution < 1.29 is 31.0 Å². The van der Waals surface area contributed by atoms with Gasteiger partial charge >= 0.3 is 21.2 Å². The van der Waals surface area contributed by atoms with Crippen molar-refractivity contribution in [1.29, 1.82) is 0 Å². The standard InChI is InChI=1S/C26H38IO2.C24H20B/c1-2-3-4-5-6-7-8-9-10-14-17-25(28)22-29-26-20-18-24(19-21-26)27-23-15-12-11-13-16-23;1-5-13-21(14-6-1)25(22-15-7-2-8-16-22,23-17-9-3-10-18-23)24-19-11-4-12-20-24/h11-13,15-16,18-21,25,28H,2-10,14,17,22H2,1H3;1-20H/q+1;-1. The molecule has 0 aliphatic carbocycles. The molecule has 6 rings (SSSR count). The Bertz CT molecular complexity index is 1660. The van der Waals surface area contributed by atoms with Crippen LogP contribution in [0.1, 0.15) is 77.6 Å². The summed E-state index contributed by atoms with van der Waals surface area (Å²) in [6, 6.07) is 62.6. The fraction of sp³-hybridized carbons (Fsp3) is 0.280. The van der Waals surface area contributed by atoms with E-state index in [1.54, 1.807) is 0 Å². The Hall–Kier alpha value is -4.13. The second-order valence-electron chi connectivity index (χ2n) is 14.3. The Morgan fingerprint density at radius 2 is 0.796 bits per heavy atom. The zero-order chi connectivity index (χ0) is 37.5. The molecule has 1 unspecified atom stereocenters. The van der Waals surface area contributed by atoms with Gasteiger partial charge in [-0.25, -0.2) is 0 Å². The van der Waals surface area contributed by atoms with Crippen molar-refractivity contribution in [3.63, 3.8) is 0 Å². The molecule has 0 bridgehead atoms. The summed E-state index contributed by atoms with van der Waals surface area (Å²) in [5, 5.41) is 10.2. The summed E-state index contributed by atoms with van der Waals surface area (Å²) < 4.78 is 8.58. The lowest BCUT2D eigenvalue weighted by Gasteiger charge is -2.44. The predicted octanol–water partition coefficient (Wildman–Crippen LogP) is 6.93. The maximum atomic E-state index is 10.2. The monoisotopic (exact) mass is 828 g/mol. The maximum absolute atomic E-state index is 10.2. The third kappa shape index (κ3) is 12.7. The summed E-state index contributed by atoms with van der Waals surface area (Å²) in [5.41, 5.74) is 5.36. The normalized spacial score (nSPS) is 11.7. The Balaban J connectivity index is 0.000000209. The van der Waals surface area contributed by atoms with E-state index in [0.29, 0.717) is 6.61 Å². The highest BCUT2D eigenvalue weighted by Gasteiger charge is 2.31. The lowest BCUT2D eigenvalue weighted by atomic mass is 9.13. The number of rotatable bonds is 20. The van der Waals surface area contributed by atoms with Crippen molar-refractivity contribution in [3.05, 3.63) is 183 Å². The van der Waals surface area contributed by atoms with Gasteiger partial charge in [-0.05, 0) is 42.8 Å². The highest BCUT2D eigenvalue weighted by atomic mass is 127. The smallest absolute Gasteiger partial charge is 0.357 e. The summed E-state index contributed by atoms with van der Waals surface area (Å²) in [6.45, 7) is 2.66. The van der Waals surface area contributed by atoms with Crippen LogP contribution < -0.4 is 47.8 Å². The van der Waals surface area contributed by atoms with E-state index in [0.717, 1.165) is 18.6 Å². The number of hydrogen-bond acceptors (Lipinski definition) is 2.